The number of hydrogen-bond donors (Lipinski definition) is 2. The van der Waals surface area contributed by atoms with Crippen LogP contribution in [0.3, 0.4) is 0 Å². The molecule has 6 nitrogen and oxygen atoms in total. The van der Waals surface area contributed by atoms with Gasteiger partial charge in [0.05, 0.1) is 11.4 Å². The summed E-state index contributed by atoms with van der Waals surface area (Å²) in [4.78, 5) is 0. The van der Waals surface area contributed by atoms with E-state index in [0.717, 1.165) is 0 Å². The topological polar surface area (TPSA) is 92.7 Å². The first-order valence-corrected chi connectivity index (χ1v) is 6.88. The maximum Gasteiger partial charge on any atom is 0.353 e. The van der Waals surface area contributed by atoms with Gasteiger partial charge in [0.2, 0.25) is 0 Å². The third-order valence-corrected chi connectivity index (χ3v) is 3.93. The Kier molecular flexibility index (Phi) is 3.70. The van der Waals surface area contributed by atoms with Gasteiger partial charge in [0.25, 0.3) is 0 Å². The second-order valence-corrected chi connectivity index (χ2v) is 5.45. The van der Waals surface area contributed by atoms with Crippen LogP contribution >= 0.6 is 0 Å². The van der Waals surface area contributed by atoms with Gasteiger partial charge in [-0.05, 0) is 24.3 Å². The zero-order valence-electron chi connectivity index (χ0n) is 10.0. The molecule has 0 amide bonds. The number of hydrazine groups is 2. The number of benzene rings is 2. The molecule has 4 N–H and O–H groups in total. The van der Waals surface area contributed by atoms with Crippen molar-refractivity contribution >= 4 is 21.6 Å². The molecule has 0 radical (unpaired) electrons. The van der Waals surface area contributed by atoms with Gasteiger partial charge in [-0.1, -0.05) is 36.4 Å². The van der Waals surface area contributed by atoms with E-state index in [1.165, 1.54) is 0 Å². The largest absolute Gasteiger partial charge is 0.353 e. The molecule has 0 heterocycles. The zero-order valence-corrected chi connectivity index (χ0v) is 10.9. The van der Waals surface area contributed by atoms with Crippen LogP contribution in [0.15, 0.2) is 60.7 Å². The van der Waals surface area contributed by atoms with E-state index < -0.39 is 10.2 Å². The molecule has 0 aliphatic heterocycles. The lowest BCUT2D eigenvalue weighted by atomic mass is 10.3. The Hall–Kier alpha value is -2.09. The standard InChI is InChI=1S/C12H14N4O2S/c13-15(11-7-3-1-4-8-11)19(17,18)16(14)12-9-5-2-6-10-12/h1-10H,13-14H2. The molecule has 19 heavy (non-hydrogen) atoms. The lowest BCUT2D eigenvalue weighted by molar-refractivity contribution is 0.588. The summed E-state index contributed by atoms with van der Waals surface area (Å²) in [5.41, 5.74) is 0.655. The molecule has 0 aromatic heterocycles. The smallest absolute Gasteiger partial charge is 0.232 e. The molecule has 0 aliphatic carbocycles. The number of para-hydroxylation sites is 2. The van der Waals surface area contributed by atoms with Gasteiger partial charge in [0.1, 0.15) is 0 Å². The molecule has 0 saturated carbocycles. The lowest BCUT2D eigenvalue weighted by Crippen LogP contribution is -2.51. The second-order valence-electron chi connectivity index (χ2n) is 3.77. The first-order valence-electron chi connectivity index (χ1n) is 5.48. The Morgan fingerprint density at radius 2 is 1.00 bits per heavy atom. The van der Waals surface area contributed by atoms with Gasteiger partial charge in [0.15, 0.2) is 0 Å². The van der Waals surface area contributed by atoms with Crippen molar-refractivity contribution in [3.63, 3.8) is 0 Å². The number of rotatable bonds is 4. The minimum atomic E-state index is -4.02. The maximum atomic E-state index is 12.2. The maximum absolute atomic E-state index is 12.2. The zero-order chi connectivity index (χ0) is 13.9. The summed E-state index contributed by atoms with van der Waals surface area (Å²) < 4.78 is 25.7. The van der Waals surface area contributed by atoms with Crippen LogP contribution in [0.25, 0.3) is 0 Å². The van der Waals surface area contributed by atoms with Crippen LogP contribution in [0.2, 0.25) is 0 Å². The SMILES string of the molecule is NN(c1ccccc1)S(=O)(=O)N(N)c1ccccc1. The fourth-order valence-electron chi connectivity index (χ4n) is 1.51. The van der Waals surface area contributed by atoms with Gasteiger partial charge in [-0.3, -0.25) is 0 Å². The molecule has 0 bridgehead atoms. The van der Waals surface area contributed by atoms with Crippen molar-refractivity contribution < 1.29 is 8.42 Å². The highest BCUT2D eigenvalue weighted by atomic mass is 32.2. The molecule has 7 heteroatoms. The molecule has 100 valence electrons. The fourth-order valence-corrected chi connectivity index (χ4v) is 2.48. The van der Waals surface area contributed by atoms with E-state index in [2.05, 4.69) is 0 Å². The average Bonchev–Trinajstić information content (AvgIpc) is 2.47. The summed E-state index contributed by atoms with van der Waals surface area (Å²) in [7, 11) is -4.02. The quantitative estimate of drug-likeness (QED) is 0.644. The Morgan fingerprint density at radius 3 is 1.32 bits per heavy atom. The van der Waals surface area contributed by atoms with Crippen LogP contribution in [-0.2, 0) is 10.2 Å². The van der Waals surface area contributed by atoms with Gasteiger partial charge in [-0.25, -0.2) is 11.7 Å². The monoisotopic (exact) mass is 278 g/mol. The molecule has 0 saturated heterocycles. The molecule has 0 spiro atoms. The van der Waals surface area contributed by atoms with Crippen LogP contribution in [0, 0.1) is 0 Å². The van der Waals surface area contributed by atoms with Gasteiger partial charge in [0, 0.05) is 0 Å². The average molecular weight is 278 g/mol. The minimum Gasteiger partial charge on any atom is -0.232 e. The molecule has 2 aromatic carbocycles. The third-order valence-electron chi connectivity index (χ3n) is 2.52. The van der Waals surface area contributed by atoms with Crippen molar-refractivity contribution in [2.45, 2.75) is 0 Å². The summed E-state index contributed by atoms with van der Waals surface area (Å²) in [6, 6.07) is 16.6. The van der Waals surface area contributed by atoms with Crippen LogP contribution < -0.4 is 20.5 Å². The van der Waals surface area contributed by atoms with E-state index >= 15 is 0 Å². The van der Waals surface area contributed by atoms with Crippen LogP contribution in [0.4, 0.5) is 11.4 Å². The summed E-state index contributed by atoms with van der Waals surface area (Å²) >= 11 is 0. The highest BCUT2D eigenvalue weighted by Crippen LogP contribution is 2.19. The molecule has 2 aromatic rings. The van der Waals surface area contributed by atoms with E-state index in [0.29, 0.717) is 20.2 Å². The molecule has 0 unspecified atom stereocenters. The summed E-state index contributed by atoms with van der Waals surface area (Å²) in [6.07, 6.45) is 0. The third kappa shape index (κ3) is 2.68. The Labute approximate surface area is 112 Å². The van der Waals surface area contributed by atoms with Crippen molar-refractivity contribution in [3.05, 3.63) is 60.7 Å². The number of hydrogen-bond acceptors (Lipinski definition) is 4. The van der Waals surface area contributed by atoms with Crippen molar-refractivity contribution in [2.24, 2.45) is 11.7 Å². The van der Waals surface area contributed by atoms with E-state index in [1.807, 2.05) is 0 Å². The lowest BCUT2D eigenvalue weighted by Gasteiger charge is -2.25. The second kappa shape index (κ2) is 5.27. The van der Waals surface area contributed by atoms with Crippen LogP contribution in [-0.4, -0.2) is 8.42 Å². The Morgan fingerprint density at radius 1 is 0.684 bits per heavy atom. The van der Waals surface area contributed by atoms with E-state index in [-0.39, 0.29) is 0 Å². The highest BCUT2D eigenvalue weighted by Gasteiger charge is 2.25. The normalized spacial score (nSPS) is 11.1. The molecule has 0 aliphatic rings. The molecule has 2 rings (SSSR count). The van der Waals surface area contributed by atoms with Crippen molar-refractivity contribution in [1.29, 1.82) is 0 Å². The summed E-state index contributed by atoms with van der Waals surface area (Å²) in [6.45, 7) is 0. The van der Waals surface area contributed by atoms with Crippen molar-refractivity contribution in [3.8, 4) is 0 Å². The molecular formula is C12H14N4O2S. The summed E-state index contributed by atoms with van der Waals surface area (Å²) in [5.74, 6) is 11.3. The number of nitrogens with two attached hydrogens (primary N) is 2. The first-order chi connectivity index (χ1) is 9.03. The number of nitrogens with zero attached hydrogens (tertiary/aromatic N) is 2. The van der Waals surface area contributed by atoms with E-state index in [1.54, 1.807) is 60.7 Å². The molecule has 0 fully saturated rings. The number of anilines is 2. The van der Waals surface area contributed by atoms with Crippen LogP contribution in [0.5, 0.6) is 0 Å². The predicted octanol–water partition coefficient (Wildman–Crippen LogP) is 0.992. The van der Waals surface area contributed by atoms with Crippen molar-refractivity contribution in [1.82, 2.24) is 0 Å². The van der Waals surface area contributed by atoms with Crippen molar-refractivity contribution in [2.75, 3.05) is 8.83 Å². The summed E-state index contributed by atoms with van der Waals surface area (Å²) in [5, 5.41) is 0. The highest BCUT2D eigenvalue weighted by molar-refractivity contribution is 7.94. The molecule has 0 atom stereocenters. The van der Waals surface area contributed by atoms with Gasteiger partial charge >= 0.3 is 10.2 Å². The first kappa shape index (κ1) is 13.3. The fraction of sp³-hybridized carbons (Fsp3) is 0. The minimum absolute atomic E-state index is 0.328. The van der Waals surface area contributed by atoms with Gasteiger partial charge in [-0.15, -0.1) is 0 Å². The van der Waals surface area contributed by atoms with Crippen LogP contribution in [0.1, 0.15) is 0 Å². The molecular weight excluding hydrogens is 264 g/mol. The van der Waals surface area contributed by atoms with E-state index in [9.17, 15) is 8.42 Å². The Bertz CT molecular complexity index is 580. The van der Waals surface area contributed by atoms with Gasteiger partial charge in [-0.2, -0.15) is 17.2 Å². The van der Waals surface area contributed by atoms with E-state index in [4.69, 9.17) is 11.7 Å². The predicted molar refractivity (Wildman–Crippen MR) is 75.1 cm³/mol. The van der Waals surface area contributed by atoms with Gasteiger partial charge < -0.3 is 0 Å². The Balaban J connectivity index is 2.33.